The Kier molecular flexibility index (Phi) is 5.28. The number of oxazole rings is 1. The van der Waals surface area contributed by atoms with Crippen LogP contribution in [0.25, 0.3) is 0 Å². The van der Waals surface area contributed by atoms with Crippen molar-refractivity contribution in [2.45, 2.75) is 52.1 Å². The van der Waals surface area contributed by atoms with Crippen LogP contribution in [0.5, 0.6) is 0 Å². The van der Waals surface area contributed by atoms with Crippen molar-refractivity contribution >= 4 is 12.1 Å². The first-order valence-corrected chi connectivity index (χ1v) is 7.90. The normalized spacial score (nSPS) is 16.3. The van der Waals surface area contributed by atoms with Gasteiger partial charge in [-0.25, -0.2) is 14.6 Å². The monoisotopic (exact) mass is 324 g/mol. The SMILES string of the molecule is CCOC(=O)c1coc(C2CCN(C(=O)OC(C)(C)C)CC2)n1. The van der Waals surface area contributed by atoms with Crippen molar-refractivity contribution in [3.63, 3.8) is 0 Å². The van der Waals surface area contributed by atoms with Crippen LogP contribution in [-0.2, 0) is 9.47 Å². The fourth-order valence-electron chi connectivity index (χ4n) is 2.41. The van der Waals surface area contributed by atoms with Gasteiger partial charge in [0.15, 0.2) is 11.6 Å². The maximum absolute atomic E-state index is 12.0. The summed E-state index contributed by atoms with van der Waals surface area (Å²) in [5.74, 6) is 0.141. The molecule has 0 spiro atoms. The van der Waals surface area contributed by atoms with E-state index in [4.69, 9.17) is 13.9 Å². The van der Waals surface area contributed by atoms with Gasteiger partial charge in [0, 0.05) is 19.0 Å². The molecule has 1 aliphatic rings. The fraction of sp³-hybridized carbons (Fsp3) is 0.688. The predicted molar refractivity (Wildman–Crippen MR) is 82.2 cm³/mol. The number of likely N-dealkylation sites (tertiary alicyclic amines) is 1. The minimum absolute atomic E-state index is 0.0943. The molecule has 0 bridgehead atoms. The van der Waals surface area contributed by atoms with Crippen molar-refractivity contribution in [2.75, 3.05) is 19.7 Å². The molecule has 7 heteroatoms. The molecule has 1 amide bonds. The van der Waals surface area contributed by atoms with Crippen LogP contribution in [0.3, 0.4) is 0 Å². The summed E-state index contributed by atoms with van der Waals surface area (Å²) < 4.78 is 15.7. The van der Waals surface area contributed by atoms with Crippen LogP contribution >= 0.6 is 0 Å². The molecule has 128 valence electrons. The van der Waals surface area contributed by atoms with Gasteiger partial charge in [0.1, 0.15) is 11.9 Å². The highest BCUT2D eigenvalue weighted by Crippen LogP contribution is 2.28. The number of esters is 1. The van der Waals surface area contributed by atoms with Crippen molar-refractivity contribution < 1.29 is 23.5 Å². The van der Waals surface area contributed by atoms with Crippen LogP contribution in [-0.4, -0.2) is 47.2 Å². The van der Waals surface area contributed by atoms with Crippen LogP contribution in [0.4, 0.5) is 4.79 Å². The summed E-state index contributed by atoms with van der Waals surface area (Å²) in [4.78, 5) is 29.5. The number of aromatic nitrogens is 1. The third kappa shape index (κ3) is 4.71. The molecule has 1 saturated heterocycles. The molecule has 0 saturated carbocycles. The molecule has 0 aliphatic carbocycles. The number of hydrogen-bond donors (Lipinski definition) is 0. The van der Waals surface area contributed by atoms with Crippen LogP contribution < -0.4 is 0 Å². The lowest BCUT2D eigenvalue weighted by Gasteiger charge is -2.32. The molecular weight excluding hydrogens is 300 g/mol. The summed E-state index contributed by atoms with van der Waals surface area (Å²) in [5, 5.41) is 0. The molecule has 0 radical (unpaired) electrons. The lowest BCUT2D eigenvalue weighted by molar-refractivity contribution is 0.0199. The number of carbonyl (C=O) groups is 2. The number of nitrogens with zero attached hydrogens (tertiary/aromatic N) is 2. The highest BCUT2D eigenvalue weighted by molar-refractivity contribution is 5.86. The second kappa shape index (κ2) is 7.02. The van der Waals surface area contributed by atoms with E-state index in [1.54, 1.807) is 11.8 Å². The van der Waals surface area contributed by atoms with Gasteiger partial charge in [0.2, 0.25) is 0 Å². The Labute approximate surface area is 135 Å². The van der Waals surface area contributed by atoms with Crippen LogP contribution in [0.1, 0.15) is 62.8 Å². The minimum atomic E-state index is -0.495. The number of piperidine rings is 1. The lowest BCUT2D eigenvalue weighted by atomic mass is 9.97. The van der Waals surface area contributed by atoms with Gasteiger partial charge in [-0.1, -0.05) is 0 Å². The Morgan fingerprint density at radius 3 is 2.57 bits per heavy atom. The Bertz CT molecular complexity index is 553. The van der Waals surface area contributed by atoms with Crippen LogP contribution in [0.2, 0.25) is 0 Å². The molecule has 2 heterocycles. The first kappa shape index (κ1) is 17.3. The van der Waals surface area contributed by atoms with Crippen LogP contribution in [0, 0.1) is 0 Å². The lowest BCUT2D eigenvalue weighted by Crippen LogP contribution is -2.41. The van der Waals surface area contributed by atoms with Crippen molar-refractivity contribution in [3.8, 4) is 0 Å². The molecule has 0 unspecified atom stereocenters. The van der Waals surface area contributed by atoms with Gasteiger partial charge in [0.05, 0.1) is 6.61 Å². The summed E-state index contributed by atoms with van der Waals surface area (Å²) >= 11 is 0. The van der Waals surface area contributed by atoms with Gasteiger partial charge in [-0.3, -0.25) is 0 Å². The maximum Gasteiger partial charge on any atom is 0.410 e. The van der Waals surface area contributed by atoms with E-state index in [9.17, 15) is 9.59 Å². The first-order chi connectivity index (χ1) is 10.8. The van der Waals surface area contributed by atoms with E-state index in [0.29, 0.717) is 25.6 Å². The Morgan fingerprint density at radius 1 is 1.35 bits per heavy atom. The van der Waals surface area contributed by atoms with E-state index in [1.165, 1.54) is 6.26 Å². The van der Waals surface area contributed by atoms with E-state index in [1.807, 2.05) is 20.8 Å². The molecule has 1 aromatic rings. The van der Waals surface area contributed by atoms with E-state index < -0.39 is 11.6 Å². The van der Waals surface area contributed by atoms with E-state index in [0.717, 1.165) is 12.8 Å². The third-order valence-corrected chi connectivity index (χ3v) is 3.50. The van der Waals surface area contributed by atoms with Gasteiger partial charge in [0.25, 0.3) is 0 Å². The molecule has 0 atom stereocenters. The zero-order valence-electron chi connectivity index (χ0n) is 14.1. The van der Waals surface area contributed by atoms with E-state index in [2.05, 4.69) is 4.98 Å². The number of hydrogen-bond acceptors (Lipinski definition) is 6. The van der Waals surface area contributed by atoms with Gasteiger partial charge in [-0.15, -0.1) is 0 Å². The highest BCUT2D eigenvalue weighted by Gasteiger charge is 2.30. The molecule has 1 fully saturated rings. The zero-order valence-corrected chi connectivity index (χ0v) is 14.1. The first-order valence-electron chi connectivity index (χ1n) is 7.90. The van der Waals surface area contributed by atoms with Crippen molar-refractivity contribution in [3.05, 3.63) is 17.8 Å². The minimum Gasteiger partial charge on any atom is -0.461 e. The second-order valence-corrected chi connectivity index (χ2v) is 6.53. The van der Waals surface area contributed by atoms with Crippen molar-refractivity contribution in [1.82, 2.24) is 9.88 Å². The van der Waals surface area contributed by atoms with Crippen molar-refractivity contribution in [1.29, 1.82) is 0 Å². The molecular formula is C16H24N2O5. The Morgan fingerprint density at radius 2 is 2.00 bits per heavy atom. The average Bonchev–Trinajstić information content (AvgIpc) is 2.96. The number of carbonyl (C=O) groups excluding carboxylic acids is 2. The third-order valence-electron chi connectivity index (χ3n) is 3.50. The smallest absolute Gasteiger partial charge is 0.410 e. The predicted octanol–water partition coefficient (Wildman–Crippen LogP) is 2.97. The number of amides is 1. The zero-order chi connectivity index (χ0) is 17.0. The van der Waals surface area contributed by atoms with E-state index >= 15 is 0 Å². The van der Waals surface area contributed by atoms with Crippen molar-refractivity contribution in [2.24, 2.45) is 0 Å². The topological polar surface area (TPSA) is 81.9 Å². The summed E-state index contributed by atoms with van der Waals surface area (Å²) in [6.07, 6.45) is 2.48. The summed E-state index contributed by atoms with van der Waals surface area (Å²) in [5.41, 5.74) is -0.304. The standard InChI is InChI=1S/C16H24N2O5/c1-5-21-14(19)12-10-22-13(17-12)11-6-8-18(9-7-11)15(20)23-16(2,3)4/h10-11H,5-9H2,1-4H3. The quantitative estimate of drug-likeness (QED) is 0.795. The highest BCUT2D eigenvalue weighted by atomic mass is 16.6. The van der Waals surface area contributed by atoms with Gasteiger partial charge >= 0.3 is 12.1 Å². The fourth-order valence-corrected chi connectivity index (χ4v) is 2.41. The molecule has 1 aromatic heterocycles. The van der Waals surface area contributed by atoms with E-state index in [-0.39, 0.29) is 17.7 Å². The largest absolute Gasteiger partial charge is 0.461 e. The summed E-state index contributed by atoms with van der Waals surface area (Å²) in [7, 11) is 0. The number of rotatable bonds is 3. The van der Waals surface area contributed by atoms with Crippen LogP contribution in [0.15, 0.2) is 10.7 Å². The summed E-state index contributed by atoms with van der Waals surface area (Å²) in [6, 6.07) is 0. The molecule has 0 N–H and O–H groups in total. The Hall–Kier alpha value is -2.05. The van der Waals surface area contributed by atoms with Gasteiger partial charge < -0.3 is 18.8 Å². The average molecular weight is 324 g/mol. The molecule has 0 aromatic carbocycles. The number of ether oxygens (including phenoxy) is 2. The molecule has 7 nitrogen and oxygen atoms in total. The molecule has 2 rings (SSSR count). The molecule has 1 aliphatic heterocycles. The van der Waals surface area contributed by atoms with Gasteiger partial charge in [-0.05, 0) is 40.5 Å². The summed E-state index contributed by atoms with van der Waals surface area (Å²) in [6.45, 7) is 8.75. The maximum atomic E-state index is 12.0. The van der Waals surface area contributed by atoms with Gasteiger partial charge in [-0.2, -0.15) is 0 Å². The Balaban J connectivity index is 1.89. The second-order valence-electron chi connectivity index (χ2n) is 6.53. The molecule has 23 heavy (non-hydrogen) atoms.